The summed E-state index contributed by atoms with van der Waals surface area (Å²) in [6.45, 7) is 7.36. The summed E-state index contributed by atoms with van der Waals surface area (Å²) in [7, 11) is 0. The Morgan fingerprint density at radius 2 is 1.94 bits per heavy atom. The highest BCUT2D eigenvalue weighted by Crippen LogP contribution is 2.66. The molecule has 1 aromatic rings. The zero-order valence-electron chi connectivity index (χ0n) is 20.3. The fourth-order valence-corrected chi connectivity index (χ4v) is 7.29. The number of fused-ring (bicyclic) bond motifs is 3. The van der Waals surface area contributed by atoms with E-state index in [1.165, 1.54) is 19.1 Å². The quantitative estimate of drug-likeness (QED) is 0.409. The molecule has 0 unspecified atom stereocenters. The average Bonchev–Trinajstić information content (AvgIpc) is 3.02. The molecule has 0 aliphatic heterocycles. The number of rotatable bonds is 4. The van der Waals surface area contributed by atoms with E-state index >= 15 is 0 Å². The van der Waals surface area contributed by atoms with Crippen molar-refractivity contribution in [1.29, 1.82) is 0 Å². The van der Waals surface area contributed by atoms with Crippen molar-refractivity contribution in [2.45, 2.75) is 90.6 Å². The van der Waals surface area contributed by atoms with Crippen molar-refractivity contribution in [3.05, 3.63) is 46.5 Å². The lowest BCUT2D eigenvalue weighted by atomic mass is 9.49. The van der Waals surface area contributed by atoms with Gasteiger partial charge in [0.05, 0.1) is 0 Å². The molecule has 0 saturated heterocycles. The molecule has 3 aliphatic carbocycles. The number of ketones is 1. The molecule has 0 heterocycles. The van der Waals surface area contributed by atoms with Crippen LogP contribution in [0.1, 0.15) is 89.2 Å². The number of hydrogen-bond acceptors (Lipinski definition) is 2. The van der Waals surface area contributed by atoms with Crippen LogP contribution in [-0.2, 0) is 4.79 Å². The summed E-state index contributed by atoms with van der Waals surface area (Å²) >= 11 is 0. The number of benzene rings is 1. The Balaban J connectivity index is 1.77. The second kappa shape index (κ2) is 8.99. The van der Waals surface area contributed by atoms with Crippen molar-refractivity contribution >= 4 is 5.78 Å². The van der Waals surface area contributed by atoms with Crippen molar-refractivity contribution in [3.8, 4) is 11.8 Å². The van der Waals surface area contributed by atoms with E-state index in [0.717, 1.165) is 37.7 Å². The summed E-state index contributed by atoms with van der Waals surface area (Å²) in [5.41, 5.74) is 0.366. The molecule has 2 nitrogen and oxygen atoms in total. The van der Waals surface area contributed by atoms with Crippen molar-refractivity contribution in [3.63, 3.8) is 0 Å². The highest BCUT2D eigenvalue weighted by atomic mass is 19.1. The Morgan fingerprint density at radius 1 is 1.24 bits per heavy atom. The molecule has 0 radical (unpaired) electrons. The molecular weight excluding hydrogens is 418 g/mol. The maximum Gasteiger partial charge on any atom is 0.155 e. The summed E-state index contributed by atoms with van der Waals surface area (Å²) in [5, 5.41) is 11.6. The second-order valence-corrected chi connectivity index (χ2v) is 10.8. The van der Waals surface area contributed by atoms with Gasteiger partial charge >= 0.3 is 0 Å². The van der Waals surface area contributed by atoms with E-state index in [4.69, 9.17) is 0 Å². The zero-order chi connectivity index (χ0) is 24.0. The van der Waals surface area contributed by atoms with Crippen LogP contribution in [0.3, 0.4) is 0 Å². The molecular formula is C29H36F2O2. The number of carbonyl (C=O) groups is 1. The molecule has 1 N–H and O–H groups in total. The van der Waals surface area contributed by atoms with Gasteiger partial charge in [-0.25, -0.2) is 8.78 Å². The van der Waals surface area contributed by atoms with Gasteiger partial charge in [0.1, 0.15) is 17.2 Å². The third-order valence-corrected chi connectivity index (χ3v) is 9.03. The summed E-state index contributed by atoms with van der Waals surface area (Å²) in [6.07, 6.45) is 8.02. The number of carbonyl (C=O) groups excluding carboxylic acids is 1. The predicted molar refractivity (Wildman–Crippen MR) is 127 cm³/mol. The SMILES string of the molecule is CC#C[C@]1(O)CC[C@H]2[C@@H]3CC/C(=C/C(=O)CCC)C[C@H]3[C@@H](c3cc(F)c(C)c(F)c3)C[C@@]21C. The molecule has 3 aliphatic rings. The van der Waals surface area contributed by atoms with Gasteiger partial charge in [0, 0.05) is 17.4 Å². The van der Waals surface area contributed by atoms with E-state index in [0.29, 0.717) is 36.7 Å². The lowest BCUT2D eigenvalue weighted by Crippen LogP contribution is -2.53. The first kappa shape index (κ1) is 24.1. The van der Waals surface area contributed by atoms with Gasteiger partial charge in [-0.2, -0.15) is 0 Å². The van der Waals surface area contributed by atoms with Gasteiger partial charge in [-0.1, -0.05) is 25.3 Å². The zero-order valence-corrected chi connectivity index (χ0v) is 20.3. The van der Waals surface area contributed by atoms with Crippen LogP contribution >= 0.6 is 0 Å². The summed E-state index contributed by atoms with van der Waals surface area (Å²) in [6, 6.07) is 2.98. The molecule has 33 heavy (non-hydrogen) atoms. The van der Waals surface area contributed by atoms with Gasteiger partial charge in [0.2, 0.25) is 0 Å². The van der Waals surface area contributed by atoms with E-state index in [9.17, 15) is 18.7 Å². The Kier molecular flexibility index (Phi) is 6.58. The fourth-order valence-electron chi connectivity index (χ4n) is 7.29. The van der Waals surface area contributed by atoms with Crippen molar-refractivity contribution in [2.24, 2.45) is 23.2 Å². The highest BCUT2D eigenvalue weighted by molar-refractivity contribution is 5.90. The average molecular weight is 455 g/mol. The highest BCUT2D eigenvalue weighted by Gasteiger charge is 2.63. The number of halogens is 2. The molecule has 4 rings (SSSR count). The lowest BCUT2D eigenvalue weighted by molar-refractivity contribution is -0.114. The third kappa shape index (κ3) is 4.08. The third-order valence-electron chi connectivity index (χ3n) is 9.03. The Bertz CT molecular complexity index is 1010. The molecule has 0 spiro atoms. The molecule has 0 amide bonds. The molecule has 178 valence electrons. The van der Waals surface area contributed by atoms with E-state index in [1.54, 1.807) is 6.92 Å². The first-order chi connectivity index (χ1) is 15.6. The monoisotopic (exact) mass is 454 g/mol. The summed E-state index contributed by atoms with van der Waals surface area (Å²) in [4.78, 5) is 12.3. The summed E-state index contributed by atoms with van der Waals surface area (Å²) < 4.78 is 29.2. The van der Waals surface area contributed by atoms with Crippen LogP contribution < -0.4 is 0 Å². The van der Waals surface area contributed by atoms with E-state index in [2.05, 4.69) is 18.8 Å². The molecule has 0 aromatic heterocycles. The van der Waals surface area contributed by atoms with Crippen LogP contribution in [0, 0.1) is 53.6 Å². The smallest absolute Gasteiger partial charge is 0.155 e. The first-order valence-electron chi connectivity index (χ1n) is 12.5. The molecule has 1 aromatic carbocycles. The Labute approximate surface area is 196 Å². The van der Waals surface area contributed by atoms with E-state index in [-0.39, 0.29) is 23.2 Å². The fraction of sp³-hybridized carbons (Fsp3) is 0.621. The van der Waals surface area contributed by atoms with Gasteiger partial charge in [0.25, 0.3) is 0 Å². The van der Waals surface area contributed by atoms with Crippen LogP contribution in [0.2, 0.25) is 0 Å². The number of allylic oxidation sites excluding steroid dienone is 2. The lowest BCUT2D eigenvalue weighted by Gasteiger charge is -2.55. The van der Waals surface area contributed by atoms with Crippen LogP contribution in [0.15, 0.2) is 23.8 Å². The Morgan fingerprint density at radius 3 is 2.58 bits per heavy atom. The van der Waals surface area contributed by atoms with Gasteiger partial charge in [-0.15, -0.1) is 5.92 Å². The van der Waals surface area contributed by atoms with Crippen molar-refractivity contribution in [1.82, 2.24) is 0 Å². The molecule has 0 bridgehead atoms. The van der Waals surface area contributed by atoms with Crippen molar-refractivity contribution in [2.75, 3.05) is 0 Å². The minimum atomic E-state index is -1.08. The topological polar surface area (TPSA) is 37.3 Å². The van der Waals surface area contributed by atoms with Crippen LogP contribution in [0.4, 0.5) is 8.78 Å². The molecule has 4 heteroatoms. The minimum Gasteiger partial charge on any atom is -0.377 e. The van der Waals surface area contributed by atoms with E-state index < -0.39 is 22.7 Å². The minimum absolute atomic E-state index is 0.0406. The van der Waals surface area contributed by atoms with Crippen LogP contribution in [-0.4, -0.2) is 16.5 Å². The summed E-state index contributed by atoms with van der Waals surface area (Å²) in [5.74, 6) is 5.95. The largest absolute Gasteiger partial charge is 0.377 e. The standard InChI is InChI=1S/C29H36F2O2/c1-5-7-21(32)13-19-8-9-22-23(14-19)24(20-15-26(30)18(3)27(31)16-20)17-28(4)25(22)10-12-29(28,33)11-6-2/h13,15-16,22-25,33H,5,7-10,12,14,17H2,1-4H3/b19-13-/t22-,23-,24-,25+,28+,29+/m1/s1. The van der Waals surface area contributed by atoms with Gasteiger partial charge < -0.3 is 5.11 Å². The molecule has 3 fully saturated rings. The molecule has 6 atom stereocenters. The van der Waals surface area contributed by atoms with Crippen molar-refractivity contribution < 1.29 is 18.7 Å². The maximum absolute atomic E-state index is 14.6. The normalized spacial score (nSPS) is 36.6. The van der Waals surface area contributed by atoms with Gasteiger partial charge in [0.15, 0.2) is 5.78 Å². The maximum atomic E-state index is 14.6. The van der Waals surface area contributed by atoms with Crippen LogP contribution in [0.5, 0.6) is 0 Å². The van der Waals surface area contributed by atoms with Crippen LogP contribution in [0.25, 0.3) is 0 Å². The predicted octanol–water partition coefficient (Wildman–Crippen LogP) is 6.64. The van der Waals surface area contributed by atoms with E-state index in [1.807, 2.05) is 13.0 Å². The van der Waals surface area contributed by atoms with Gasteiger partial charge in [-0.3, -0.25) is 4.79 Å². The Hall–Kier alpha value is -1.99. The molecule has 3 saturated carbocycles. The number of hydrogen-bond donors (Lipinski definition) is 1. The van der Waals surface area contributed by atoms with Gasteiger partial charge in [-0.05, 0) is 106 Å². The number of aliphatic hydroxyl groups is 1. The first-order valence-corrected chi connectivity index (χ1v) is 12.5. The second-order valence-electron chi connectivity index (χ2n) is 10.8.